The van der Waals surface area contributed by atoms with Crippen LogP contribution in [0.25, 0.3) is 0 Å². The van der Waals surface area contributed by atoms with Gasteiger partial charge >= 0.3 is 0 Å². The van der Waals surface area contributed by atoms with E-state index in [1.807, 2.05) is 37.3 Å². The van der Waals surface area contributed by atoms with Gasteiger partial charge in [-0.3, -0.25) is 9.59 Å². The lowest BCUT2D eigenvalue weighted by atomic mass is 10.1. The van der Waals surface area contributed by atoms with Crippen molar-refractivity contribution in [2.75, 3.05) is 28.6 Å². The number of carbonyl (C=O) groups excluding carboxylic acids is 2. The van der Waals surface area contributed by atoms with Crippen LogP contribution >= 0.6 is 23.2 Å². The number of hydrogen-bond donors (Lipinski definition) is 2. The Morgan fingerprint density at radius 2 is 1.70 bits per heavy atom. The third-order valence-corrected chi connectivity index (χ3v) is 4.94. The van der Waals surface area contributed by atoms with Crippen LogP contribution in [-0.4, -0.2) is 24.9 Å². The molecule has 2 amide bonds. The molecule has 2 N–H and O–H groups in total. The fraction of sp³-hybridized carbons (Fsp3) is 0.130. The van der Waals surface area contributed by atoms with Crippen molar-refractivity contribution < 1.29 is 9.59 Å². The van der Waals surface area contributed by atoms with E-state index in [2.05, 4.69) is 10.6 Å². The first-order valence-corrected chi connectivity index (χ1v) is 10.2. The van der Waals surface area contributed by atoms with Gasteiger partial charge in [0, 0.05) is 28.5 Å². The number of rotatable bonds is 7. The van der Waals surface area contributed by atoms with Gasteiger partial charge in [-0.05, 0) is 55.5 Å². The highest BCUT2D eigenvalue weighted by Crippen LogP contribution is 2.25. The average molecular weight is 442 g/mol. The number of anilines is 3. The molecule has 0 radical (unpaired) electrons. The minimum atomic E-state index is -0.268. The summed E-state index contributed by atoms with van der Waals surface area (Å²) in [5.74, 6) is -0.375. The van der Waals surface area contributed by atoms with Crippen LogP contribution < -0.4 is 15.5 Å². The zero-order chi connectivity index (χ0) is 21.5. The quantitative estimate of drug-likeness (QED) is 0.493. The van der Waals surface area contributed by atoms with Crippen molar-refractivity contribution in [3.8, 4) is 0 Å². The van der Waals surface area contributed by atoms with Crippen LogP contribution in [0.4, 0.5) is 17.1 Å². The number of carbonyl (C=O) groups is 2. The summed E-state index contributed by atoms with van der Waals surface area (Å²) < 4.78 is 0. The van der Waals surface area contributed by atoms with Gasteiger partial charge in [-0.2, -0.15) is 0 Å². The van der Waals surface area contributed by atoms with E-state index < -0.39 is 0 Å². The molecule has 0 unspecified atom stereocenters. The normalized spacial score (nSPS) is 10.4. The van der Waals surface area contributed by atoms with Crippen LogP contribution in [-0.2, 0) is 4.79 Å². The van der Waals surface area contributed by atoms with Crippen LogP contribution in [0.3, 0.4) is 0 Å². The monoisotopic (exact) mass is 441 g/mol. The summed E-state index contributed by atoms with van der Waals surface area (Å²) in [6.07, 6.45) is 0. The van der Waals surface area contributed by atoms with Gasteiger partial charge in [-0.1, -0.05) is 47.5 Å². The number of nitrogens with one attached hydrogen (secondary N) is 2. The second-order valence-electron chi connectivity index (χ2n) is 6.49. The molecule has 0 aliphatic carbocycles. The number of benzene rings is 3. The van der Waals surface area contributed by atoms with E-state index in [4.69, 9.17) is 23.2 Å². The molecule has 3 aromatic rings. The van der Waals surface area contributed by atoms with Crippen molar-refractivity contribution in [2.24, 2.45) is 0 Å². The predicted molar refractivity (Wildman–Crippen MR) is 124 cm³/mol. The Morgan fingerprint density at radius 1 is 0.933 bits per heavy atom. The Balaban J connectivity index is 1.65. The van der Waals surface area contributed by atoms with Gasteiger partial charge in [0.05, 0.1) is 17.3 Å². The van der Waals surface area contributed by atoms with Gasteiger partial charge in [-0.15, -0.1) is 0 Å². The molecule has 154 valence electrons. The highest BCUT2D eigenvalue weighted by molar-refractivity contribution is 6.36. The number of halogens is 2. The van der Waals surface area contributed by atoms with E-state index in [1.165, 1.54) is 0 Å². The Morgan fingerprint density at radius 3 is 2.40 bits per heavy atom. The third-order valence-electron chi connectivity index (χ3n) is 4.40. The molecule has 0 bridgehead atoms. The molecule has 0 atom stereocenters. The molecule has 0 heterocycles. The summed E-state index contributed by atoms with van der Waals surface area (Å²) in [7, 11) is 0. The van der Waals surface area contributed by atoms with Gasteiger partial charge < -0.3 is 15.5 Å². The number of amides is 2. The van der Waals surface area contributed by atoms with Gasteiger partial charge in [0.25, 0.3) is 5.91 Å². The summed E-state index contributed by atoms with van der Waals surface area (Å²) in [5.41, 5.74) is 2.52. The molecule has 3 rings (SSSR count). The first-order valence-electron chi connectivity index (χ1n) is 9.43. The molecule has 7 heteroatoms. The highest BCUT2D eigenvalue weighted by Gasteiger charge is 2.16. The maximum Gasteiger partial charge on any atom is 0.258 e. The maximum absolute atomic E-state index is 13.0. The van der Waals surface area contributed by atoms with Gasteiger partial charge in [0.1, 0.15) is 0 Å². The van der Waals surface area contributed by atoms with Crippen LogP contribution in [0.1, 0.15) is 17.3 Å². The number of para-hydroxylation sites is 1. The highest BCUT2D eigenvalue weighted by atomic mass is 35.5. The first-order chi connectivity index (χ1) is 14.5. The fourth-order valence-electron chi connectivity index (χ4n) is 2.94. The van der Waals surface area contributed by atoms with Crippen molar-refractivity contribution in [2.45, 2.75) is 6.92 Å². The lowest BCUT2D eigenvalue weighted by Gasteiger charge is -2.21. The van der Waals surface area contributed by atoms with Crippen molar-refractivity contribution in [1.82, 2.24) is 0 Å². The summed E-state index contributed by atoms with van der Waals surface area (Å²) >= 11 is 11.9. The summed E-state index contributed by atoms with van der Waals surface area (Å²) in [6, 6.07) is 21.4. The van der Waals surface area contributed by atoms with Crippen LogP contribution in [0.5, 0.6) is 0 Å². The molecular formula is C23H21Cl2N3O2. The maximum atomic E-state index is 13.0. The van der Waals surface area contributed by atoms with E-state index in [0.717, 1.165) is 5.69 Å². The average Bonchev–Trinajstić information content (AvgIpc) is 2.76. The second-order valence-corrected chi connectivity index (χ2v) is 7.34. The summed E-state index contributed by atoms with van der Waals surface area (Å²) in [5, 5.41) is 6.62. The molecule has 0 fully saturated rings. The Hall–Kier alpha value is -3.02. The Kier molecular flexibility index (Phi) is 7.33. The SMILES string of the molecule is CCN(C(=O)c1cccc(NCC(=O)Nc2ccc(Cl)cc2Cl)c1)c1ccccc1. The largest absolute Gasteiger partial charge is 0.376 e. The predicted octanol–water partition coefficient (Wildman–Crippen LogP) is 5.71. The van der Waals surface area contributed by atoms with E-state index >= 15 is 0 Å². The minimum Gasteiger partial charge on any atom is -0.376 e. The first kappa shape index (κ1) is 21.7. The van der Waals surface area contributed by atoms with Crippen LogP contribution in [0.15, 0.2) is 72.8 Å². The molecule has 3 aromatic carbocycles. The zero-order valence-electron chi connectivity index (χ0n) is 16.4. The zero-order valence-corrected chi connectivity index (χ0v) is 17.9. The molecular weight excluding hydrogens is 421 g/mol. The topological polar surface area (TPSA) is 61.4 Å². The second kappa shape index (κ2) is 10.1. The fourth-order valence-corrected chi connectivity index (χ4v) is 3.39. The van der Waals surface area contributed by atoms with E-state index in [1.54, 1.807) is 47.4 Å². The molecule has 0 saturated heterocycles. The Labute approximate surface area is 185 Å². The molecule has 0 spiro atoms. The van der Waals surface area contributed by atoms with Gasteiger partial charge in [0.2, 0.25) is 5.91 Å². The molecule has 0 aromatic heterocycles. The lowest BCUT2D eigenvalue weighted by Crippen LogP contribution is -2.30. The van der Waals surface area contributed by atoms with Crippen LogP contribution in [0.2, 0.25) is 10.0 Å². The standard InChI is InChI=1S/C23H21Cl2N3O2/c1-2-28(19-9-4-3-5-10-19)23(30)16-7-6-8-18(13-16)26-15-22(29)27-21-12-11-17(24)14-20(21)25/h3-14,26H,2,15H2,1H3,(H,27,29). The van der Waals surface area contributed by atoms with Crippen molar-refractivity contribution >= 4 is 52.1 Å². The molecule has 30 heavy (non-hydrogen) atoms. The lowest BCUT2D eigenvalue weighted by molar-refractivity contribution is -0.114. The molecule has 0 aliphatic heterocycles. The van der Waals surface area contributed by atoms with E-state index in [-0.39, 0.29) is 18.4 Å². The molecule has 0 saturated carbocycles. The van der Waals surface area contributed by atoms with Crippen LogP contribution in [0, 0.1) is 0 Å². The third kappa shape index (κ3) is 5.53. The number of hydrogen-bond acceptors (Lipinski definition) is 3. The van der Waals surface area contributed by atoms with Gasteiger partial charge in [0.15, 0.2) is 0 Å². The van der Waals surface area contributed by atoms with Crippen molar-refractivity contribution in [3.63, 3.8) is 0 Å². The summed E-state index contributed by atoms with van der Waals surface area (Å²) in [4.78, 5) is 26.9. The minimum absolute atomic E-state index is 0.0206. The van der Waals surface area contributed by atoms with Gasteiger partial charge in [-0.25, -0.2) is 0 Å². The van der Waals surface area contributed by atoms with E-state index in [9.17, 15) is 9.59 Å². The number of nitrogens with zero attached hydrogens (tertiary/aromatic N) is 1. The smallest absolute Gasteiger partial charge is 0.258 e. The Bertz CT molecular complexity index is 1040. The molecule has 0 aliphatic rings. The molecule has 5 nitrogen and oxygen atoms in total. The van der Waals surface area contributed by atoms with E-state index in [0.29, 0.717) is 33.5 Å². The van der Waals surface area contributed by atoms with Crippen molar-refractivity contribution in [3.05, 3.63) is 88.4 Å². The summed E-state index contributed by atoms with van der Waals surface area (Å²) in [6.45, 7) is 2.50. The van der Waals surface area contributed by atoms with Crippen molar-refractivity contribution in [1.29, 1.82) is 0 Å².